The summed E-state index contributed by atoms with van der Waals surface area (Å²) in [6.45, 7) is 14.2. The van der Waals surface area contributed by atoms with E-state index < -0.39 is 0 Å². The first-order valence-corrected chi connectivity index (χ1v) is 8.36. The van der Waals surface area contributed by atoms with Crippen LogP contribution in [0.15, 0.2) is 4.52 Å². The highest BCUT2D eigenvalue weighted by Gasteiger charge is 2.30. The van der Waals surface area contributed by atoms with E-state index in [2.05, 4.69) is 43.5 Å². The fourth-order valence-electron chi connectivity index (χ4n) is 2.47. The number of aromatic nitrogens is 1. The number of carbonyl (C=O) groups excluding carboxylic acids is 1. The van der Waals surface area contributed by atoms with Crippen molar-refractivity contribution in [3.8, 4) is 0 Å². The zero-order valence-electron chi connectivity index (χ0n) is 14.9. The topological polar surface area (TPSA) is 67.2 Å². The molecule has 1 rings (SSSR count). The van der Waals surface area contributed by atoms with E-state index >= 15 is 0 Å². The Morgan fingerprint density at radius 2 is 2.05 bits per heavy atom. The summed E-state index contributed by atoms with van der Waals surface area (Å²) in [7, 11) is 0. The molecule has 0 spiro atoms. The molecule has 5 nitrogen and oxygen atoms in total. The van der Waals surface area contributed by atoms with Crippen LogP contribution < -0.4 is 10.6 Å². The van der Waals surface area contributed by atoms with Crippen molar-refractivity contribution >= 4 is 5.91 Å². The smallest absolute Gasteiger partial charge is 0.273 e. The standard InChI is InChI=1S/C17H31N3O2/c1-7-10-18-13(5)17(6,9-3)11-19-16(21)15-12(4)14(8-2)22-20-15/h13,18H,7-11H2,1-6H3,(H,19,21). The minimum Gasteiger partial charge on any atom is -0.360 e. The highest BCUT2D eigenvalue weighted by atomic mass is 16.5. The van der Waals surface area contributed by atoms with E-state index in [0.29, 0.717) is 18.3 Å². The maximum atomic E-state index is 12.3. The van der Waals surface area contributed by atoms with Crippen molar-refractivity contribution in [2.24, 2.45) is 5.41 Å². The molecule has 0 bridgehead atoms. The van der Waals surface area contributed by atoms with Crippen LogP contribution in [0.3, 0.4) is 0 Å². The summed E-state index contributed by atoms with van der Waals surface area (Å²) in [6, 6.07) is 0.336. The Hall–Kier alpha value is -1.36. The molecule has 0 saturated carbocycles. The van der Waals surface area contributed by atoms with Crippen LogP contribution in [-0.2, 0) is 6.42 Å². The lowest BCUT2D eigenvalue weighted by atomic mass is 9.80. The summed E-state index contributed by atoms with van der Waals surface area (Å²) in [4.78, 5) is 12.3. The van der Waals surface area contributed by atoms with Crippen LogP contribution >= 0.6 is 0 Å². The van der Waals surface area contributed by atoms with E-state index in [4.69, 9.17) is 4.52 Å². The van der Waals surface area contributed by atoms with Gasteiger partial charge in [-0.25, -0.2) is 0 Å². The van der Waals surface area contributed by atoms with Crippen molar-refractivity contribution < 1.29 is 9.32 Å². The van der Waals surface area contributed by atoms with Gasteiger partial charge in [-0.2, -0.15) is 0 Å². The molecule has 1 heterocycles. The van der Waals surface area contributed by atoms with Crippen LogP contribution in [0.25, 0.3) is 0 Å². The molecular weight excluding hydrogens is 278 g/mol. The van der Waals surface area contributed by atoms with Gasteiger partial charge in [0, 0.05) is 24.6 Å². The lowest BCUT2D eigenvalue weighted by molar-refractivity contribution is 0.0910. The lowest BCUT2D eigenvalue weighted by Gasteiger charge is -2.35. The predicted octanol–water partition coefficient (Wildman–Crippen LogP) is 3.08. The Kier molecular flexibility index (Phi) is 7.07. The van der Waals surface area contributed by atoms with Gasteiger partial charge in [0.1, 0.15) is 5.76 Å². The molecule has 2 unspecified atom stereocenters. The van der Waals surface area contributed by atoms with Gasteiger partial charge in [0.25, 0.3) is 5.91 Å². The number of hydrogen-bond donors (Lipinski definition) is 2. The molecule has 0 aliphatic carbocycles. The molecule has 0 saturated heterocycles. The second kappa shape index (κ2) is 8.32. The molecule has 0 fully saturated rings. The third kappa shape index (κ3) is 4.32. The zero-order chi connectivity index (χ0) is 16.8. The SMILES string of the molecule is CCCNC(C)C(C)(CC)CNC(=O)c1noc(CC)c1C. The fraction of sp³-hybridized carbons (Fsp3) is 0.765. The van der Waals surface area contributed by atoms with Crippen molar-refractivity contribution in [2.45, 2.75) is 66.8 Å². The van der Waals surface area contributed by atoms with Crippen molar-refractivity contribution in [1.82, 2.24) is 15.8 Å². The van der Waals surface area contributed by atoms with Crippen LogP contribution in [0.1, 0.15) is 69.3 Å². The van der Waals surface area contributed by atoms with Gasteiger partial charge in [-0.3, -0.25) is 4.79 Å². The van der Waals surface area contributed by atoms with E-state index in [9.17, 15) is 4.79 Å². The number of hydrogen-bond acceptors (Lipinski definition) is 4. The molecule has 0 aliphatic rings. The van der Waals surface area contributed by atoms with Crippen molar-refractivity contribution in [1.29, 1.82) is 0 Å². The van der Waals surface area contributed by atoms with Gasteiger partial charge in [0.15, 0.2) is 5.69 Å². The maximum absolute atomic E-state index is 12.3. The van der Waals surface area contributed by atoms with Gasteiger partial charge >= 0.3 is 0 Å². The Labute approximate surface area is 134 Å². The normalized spacial score (nSPS) is 15.4. The number of amides is 1. The molecule has 1 aromatic rings. The van der Waals surface area contributed by atoms with E-state index in [1.54, 1.807) is 0 Å². The van der Waals surface area contributed by atoms with Crippen LogP contribution in [0.5, 0.6) is 0 Å². The fourth-order valence-corrected chi connectivity index (χ4v) is 2.47. The van der Waals surface area contributed by atoms with Gasteiger partial charge in [0.2, 0.25) is 0 Å². The van der Waals surface area contributed by atoms with Crippen LogP contribution in [0.2, 0.25) is 0 Å². The predicted molar refractivity (Wildman–Crippen MR) is 89.1 cm³/mol. The van der Waals surface area contributed by atoms with E-state index in [-0.39, 0.29) is 11.3 Å². The lowest BCUT2D eigenvalue weighted by Crippen LogP contribution is -2.48. The first-order valence-electron chi connectivity index (χ1n) is 8.36. The molecule has 126 valence electrons. The number of nitrogens with zero attached hydrogens (tertiary/aromatic N) is 1. The van der Waals surface area contributed by atoms with Gasteiger partial charge in [-0.05, 0) is 38.6 Å². The van der Waals surface area contributed by atoms with Crippen LogP contribution in [0.4, 0.5) is 0 Å². The van der Waals surface area contributed by atoms with Gasteiger partial charge in [-0.15, -0.1) is 0 Å². The number of rotatable bonds is 9. The van der Waals surface area contributed by atoms with Gasteiger partial charge < -0.3 is 15.2 Å². The molecule has 0 aliphatic heterocycles. The molecule has 1 aromatic heterocycles. The Morgan fingerprint density at radius 3 is 2.55 bits per heavy atom. The summed E-state index contributed by atoms with van der Waals surface area (Å²) in [5.41, 5.74) is 1.26. The molecule has 2 atom stereocenters. The van der Waals surface area contributed by atoms with E-state index in [0.717, 1.165) is 37.1 Å². The molecule has 0 radical (unpaired) electrons. The molecule has 1 amide bonds. The molecule has 22 heavy (non-hydrogen) atoms. The van der Waals surface area contributed by atoms with Crippen LogP contribution in [-0.4, -0.2) is 30.2 Å². The average molecular weight is 309 g/mol. The van der Waals surface area contributed by atoms with Crippen molar-refractivity contribution in [2.75, 3.05) is 13.1 Å². The second-order valence-electron chi connectivity index (χ2n) is 6.30. The Morgan fingerprint density at radius 1 is 1.36 bits per heavy atom. The maximum Gasteiger partial charge on any atom is 0.273 e. The summed E-state index contributed by atoms with van der Waals surface area (Å²) < 4.78 is 5.20. The minimum absolute atomic E-state index is 0.00998. The number of aryl methyl sites for hydroxylation is 1. The Bertz CT molecular complexity index is 484. The van der Waals surface area contributed by atoms with E-state index in [1.165, 1.54) is 0 Å². The molecule has 5 heteroatoms. The summed E-state index contributed by atoms with van der Waals surface area (Å²) in [5.74, 6) is 0.629. The first-order chi connectivity index (χ1) is 10.4. The average Bonchev–Trinajstić information content (AvgIpc) is 2.90. The largest absolute Gasteiger partial charge is 0.360 e. The molecule has 0 aromatic carbocycles. The van der Waals surface area contributed by atoms with Crippen molar-refractivity contribution in [3.63, 3.8) is 0 Å². The van der Waals surface area contributed by atoms with E-state index in [1.807, 2.05) is 13.8 Å². The molecular formula is C17H31N3O2. The molecule has 2 N–H and O–H groups in total. The third-order valence-electron chi connectivity index (χ3n) is 4.76. The number of nitrogens with one attached hydrogen (secondary N) is 2. The van der Waals surface area contributed by atoms with Gasteiger partial charge in [0.05, 0.1) is 0 Å². The quantitative estimate of drug-likeness (QED) is 0.735. The summed E-state index contributed by atoms with van der Waals surface area (Å²) in [5, 5.41) is 10.5. The zero-order valence-corrected chi connectivity index (χ0v) is 14.9. The third-order valence-corrected chi connectivity index (χ3v) is 4.76. The van der Waals surface area contributed by atoms with Crippen molar-refractivity contribution in [3.05, 3.63) is 17.0 Å². The Balaban J connectivity index is 2.68. The number of carbonyl (C=O) groups is 1. The van der Waals surface area contributed by atoms with Gasteiger partial charge in [-0.1, -0.05) is 32.9 Å². The summed E-state index contributed by atoms with van der Waals surface area (Å²) in [6.07, 6.45) is 2.84. The first kappa shape index (κ1) is 18.7. The van der Waals surface area contributed by atoms with Crippen LogP contribution in [0, 0.1) is 12.3 Å². The monoisotopic (exact) mass is 309 g/mol. The highest BCUT2D eigenvalue weighted by molar-refractivity contribution is 5.93. The second-order valence-corrected chi connectivity index (χ2v) is 6.30. The minimum atomic E-state index is -0.150. The highest BCUT2D eigenvalue weighted by Crippen LogP contribution is 2.25. The summed E-state index contributed by atoms with van der Waals surface area (Å²) >= 11 is 0.